The number of amides is 1. The lowest BCUT2D eigenvalue weighted by atomic mass is 10.2. The van der Waals surface area contributed by atoms with Crippen molar-refractivity contribution in [1.82, 2.24) is 5.43 Å². The first-order chi connectivity index (χ1) is 13.1. The third-order valence-corrected chi connectivity index (χ3v) is 4.47. The molecule has 0 aliphatic heterocycles. The van der Waals surface area contributed by atoms with Crippen LogP contribution in [0.25, 0.3) is 0 Å². The van der Waals surface area contributed by atoms with Crippen molar-refractivity contribution in [2.45, 2.75) is 6.61 Å². The van der Waals surface area contributed by atoms with Crippen LogP contribution in [0, 0.1) is 0 Å². The molecule has 0 heterocycles. The van der Waals surface area contributed by atoms with Gasteiger partial charge < -0.3 is 4.74 Å². The smallest absolute Gasteiger partial charge is 0.271 e. The Kier molecular flexibility index (Phi) is 6.63. The molecule has 6 heteroatoms. The minimum absolute atomic E-state index is 0.285. The van der Waals surface area contributed by atoms with Gasteiger partial charge in [-0.15, -0.1) is 0 Å². The molecular formula is C21H16BrClN2O2. The molecule has 0 aromatic heterocycles. The van der Waals surface area contributed by atoms with E-state index in [0.717, 1.165) is 15.6 Å². The van der Waals surface area contributed by atoms with Crippen molar-refractivity contribution in [3.05, 3.63) is 99.0 Å². The summed E-state index contributed by atoms with van der Waals surface area (Å²) in [5, 5.41) is 4.66. The molecule has 0 bridgehead atoms. The van der Waals surface area contributed by atoms with Crippen molar-refractivity contribution in [2.24, 2.45) is 5.10 Å². The fourth-order valence-electron chi connectivity index (χ4n) is 2.23. The van der Waals surface area contributed by atoms with Crippen LogP contribution in [0.3, 0.4) is 0 Å². The van der Waals surface area contributed by atoms with E-state index < -0.39 is 0 Å². The minimum Gasteiger partial charge on any atom is -0.489 e. The van der Waals surface area contributed by atoms with Crippen LogP contribution in [0.4, 0.5) is 0 Å². The maximum atomic E-state index is 12.1. The molecule has 0 fully saturated rings. The zero-order valence-electron chi connectivity index (χ0n) is 14.2. The van der Waals surface area contributed by atoms with Crippen LogP contribution in [0.15, 0.2) is 82.4 Å². The van der Waals surface area contributed by atoms with Gasteiger partial charge in [0.25, 0.3) is 5.91 Å². The molecule has 0 spiro atoms. The summed E-state index contributed by atoms with van der Waals surface area (Å²) in [6, 6.07) is 22.0. The van der Waals surface area contributed by atoms with Gasteiger partial charge >= 0.3 is 0 Å². The Hall–Kier alpha value is -2.63. The van der Waals surface area contributed by atoms with Gasteiger partial charge in [-0.25, -0.2) is 5.43 Å². The highest BCUT2D eigenvalue weighted by molar-refractivity contribution is 9.10. The summed E-state index contributed by atoms with van der Waals surface area (Å²) in [7, 11) is 0. The Balaban J connectivity index is 1.52. The van der Waals surface area contributed by atoms with Crippen LogP contribution in [-0.2, 0) is 6.61 Å². The van der Waals surface area contributed by atoms with E-state index in [1.165, 1.54) is 0 Å². The highest BCUT2D eigenvalue weighted by Gasteiger charge is 2.04. The molecule has 3 aromatic rings. The SMILES string of the molecule is O=C(NN=Cc1ccc(Br)cc1)c1ccc(OCc2ccc(Cl)cc2)cc1. The van der Waals surface area contributed by atoms with Crippen LogP contribution < -0.4 is 10.2 Å². The standard InChI is InChI=1S/C21H16BrClN2O2/c22-18-7-1-15(2-8-18)13-24-25-21(26)17-5-11-20(12-6-17)27-14-16-3-9-19(23)10-4-16/h1-13H,14H2,(H,25,26). The second-order valence-electron chi connectivity index (χ2n) is 5.69. The van der Waals surface area contributed by atoms with Gasteiger partial charge in [0.15, 0.2) is 0 Å². The molecule has 1 amide bonds. The normalized spacial score (nSPS) is 10.7. The Labute approximate surface area is 171 Å². The second-order valence-corrected chi connectivity index (χ2v) is 7.04. The fraction of sp³-hybridized carbons (Fsp3) is 0.0476. The lowest BCUT2D eigenvalue weighted by molar-refractivity contribution is 0.0955. The van der Waals surface area contributed by atoms with Crippen molar-refractivity contribution in [3.63, 3.8) is 0 Å². The summed E-state index contributed by atoms with van der Waals surface area (Å²) in [6.07, 6.45) is 1.59. The van der Waals surface area contributed by atoms with E-state index in [9.17, 15) is 4.79 Å². The second kappa shape index (κ2) is 9.35. The molecule has 3 rings (SSSR count). The van der Waals surface area contributed by atoms with Gasteiger partial charge in [0.05, 0.1) is 6.21 Å². The van der Waals surface area contributed by atoms with Crippen LogP contribution in [0.2, 0.25) is 5.02 Å². The van der Waals surface area contributed by atoms with Gasteiger partial charge in [-0.1, -0.05) is 51.8 Å². The number of hydrogen-bond donors (Lipinski definition) is 1. The van der Waals surface area contributed by atoms with Gasteiger partial charge in [0.1, 0.15) is 12.4 Å². The predicted octanol–water partition coefficient (Wildman–Crippen LogP) is 5.45. The minimum atomic E-state index is -0.285. The molecule has 136 valence electrons. The summed E-state index contributed by atoms with van der Waals surface area (Å²) in [6.45, 7) is 0.431. The number of hydrazone groups is 1. The number of rotatable bonds is 6. The first-order valence-electron chi connectivity index (χ1n) is 8.16. The highest BCUT2D eigenvalue weighted by atomic mass is 79.9. The third-order valence-electron chi connectivity index (χ3n) is 3.68. The van der Waals surface area contributed by atoms with Gasteiger partial charge in [-0.3, -0.25) is 4.79 Å². The average molecular weight is 444 g/mol. The Morgan fingerprint density at radius 2 is 1.67 bits per heavy atom. The van der Waals surface area contributed by atoms with Gasteiger partial charge in [-0.05, 0) is 59.7 Å². The average Bonchev–Trinajstić information content (AvgIpc) is 2.69. The molecule has 0 saturated carbocycles. The molecule has 1 N–H and O–H groups in total. The number of carbonyl (C=O) groups excluding carboxylic acids is 1. The molecule has 0 saturated heterocycles. The predicted molar refractivity (Wildman–Crippen MR) is 111 cm³/mol. The maximum absolute atomic E-state index is 12.1. The maximum Gasteiger partial charge on any atom is 0.271 e. The number of benzene rings is 3. The van der Waals surface area contributed by atoms with Crippen LogP contribution in [-0.4, -0.2) is 12.1 Å². The van der Waals surface area contributed by atoms with Crippen molar-refractivity contribution in [3.8, 4) is 5.75 Å². The molecule has 0 atom stereocenters. The lowest BCUT2D eigenvalue weighted by Gasteiger charge is -2.07. The number of ether oxygens (including phenoxy) is 1. The summed E-state index contributed by atoms with van der Waals surface area (Å²) >= 11 is 9.23. The zero-order chi connectivity index (χ0) is 19.1. The molecule has 0 unspecified atom stereocenters. The third kappa shape index (κ3) is 5.94. The van der Waals surface area contributed by atoms with Crippen LogP contribution in [0.5, 0.6) is 5.75 Å². The van der Waals surface area contributed by atoms with Crippen molar-refractivity contribution >= 4 is 39.7 Å². The molecule has 27 heavy (non-hydrogen) atoms. The first-order valence-corrected chi connectivity index (χ1v) is 9.33. The monoisotopic (exact) mass is 442 g/mol. The van der Waals surface area contributed by atoms with E-state index in [2.05, 4.69) is 26.5 Å². The van der Waals surface area contributed by atoms with Crippen molar-refractivity contribution in [2.75, 3.05) is 0 Å². The lowest BCUT2D eigenvalue weighted by Crippen LogP contribution is -2.17. The van der Waals surface area contributed by atoms with E-state index >= 15 is 0 Å². The zero-order valence-corrected chi connectivity index (χ0v) is 16.6. The summed E-state index contributed by atoms with van der Waals surface area (Å²) < 4.78 is 6.70. The number of hydrogen-bond acceptors (Lipinski definition) is 3. The van der Waals surface area contributed by atoms with Crippen LogP contribution in [0.1, 0.15) is 21.5 Å². The molecular weight excluding hydrogens is 428 g/mol. The Bertz CT molecular complexity index is 924. The Morgan fingerprint density at radius 3 is 2.33 bits per heavy atom. The van der Waals surface area contributed by atoms with Gasteiger partial charge in [0, 0.05) is 15.1 Å². The number of nitrogens with zero attached hydrogens (tertiary/aromatic N) is 1. The quantitative estimate of drug-likeness (QED) is 0.407. The fourth-order valence-corrected chi connectivity index (χ4v) is 2.62. The number of halogens is 2. The summed E-state index contributed by atoms with van der Waals surface area (Å²) in [4.78, 5) is 12.1. The van der Waals surface area contributed by atoms with Gasteiger partial charge in [-0.2, -0.15) is 5.10 Å². The Morgan fingerprint density at radius 1 is 1.00 bits per heavy atom. The molecule has 0 radical (unpaired) electrons. The van der Waals surface area contributed by atoms with E-state index in [1.807, 2.05) is 48.5 Å². The van der Waals surface area contributed by atoms with E-state index in [4.69, 9.17) is 16.3 Å². The number of carbonyl (C=O) groups is 1. The highest BCUT2D eigenvalue weighted by Crippen LogP contribution is 2.16. The molecule has 0 aliphatic rings. The number of nitrogens with one attached hydrogen (secondary N) is 1. The van der Waals surface area contributed by atoms with Crippen molar-refractivity contribution in [1.29, 1.82) is 0 Å². The molecule has 0 aliphatic carbocycles. The van der Waals surface area contributed by atoms with E-state index in [-0.39, 0.29) is 5.91 Å². The summed E-state index contributed by atoms with van der Waals surface area (Å²) in [5.41, 5.74) is 4.92. The van der Waals surface area contributed by atoms with Gasteiger partial charge in [0.2, 0.25) is 0 Å². The summed E-state index contributed by atoms with van der Waals surface area (Å²) in [5.74, 6) is 0.396. The van der Waals surface area contributed by atoms with Crippen LogP contribution >= 0.6 is 27.5 Å². The van der Waals surface area contributed by atoms with E-state index in [1.54, 1.807) is 30.5 Å². The molecule has 3 aromatic carbocycles. The first kappa shape index (κ1) is 19.1. The van der Waals surface area contributed by atoms with E-state index in [0.29, 0.717) is 22.9 Å². The topological polar surface area (TPSA) is 50.7 Å². The largest absolute Gasteiger partial charge is 0.489 e. The van der Waals surface area contributed by atoms with Crippen molar-refractivity contribution < 1.29 is 9.53 Å². The molecule has 4 nitrogen and oxygen atoms in total.